The summed E-state index contributed by atoms with van der Waals surface area (Å²) in [7, 11) is 3.41. The van der Waals surface area contributed by atoms with Gasteiger partial charge in [0.05, 0.1) is 5.60 Å². The molecule has 0 spiro atoms. The zero-order valence-electron chi connectivity index (χ0n) is 14.1. The predicted molar refractivity (Wildman–Crippen MR) is 80.1 cm³/mol. The van der Waals surface area contributed by atoms with E-state index in [0.717, 1.165) is 0 Å². The molecule has 1 aliphatic heterocycles. The summed E-state index contributed by atoms with van der Waals surface area (Å²) in [4.78, 5) is 26.8. The van der Waals surface area contributed by atoms with Gasteiger partial charge in [0.25, 0.3) is 0 Å². The predicted octanol–water partition coefficient (Wildman–Crippen LogP) is 1.88. The van der Waals surface area contributed by atoms with Crippen LogP contribution in [0, 0.1) is 0 Å². The number of rotatable bonds is 3. The molecule has 1 saturated heterocycles. The smallest absolute Gasteiger partial charge is 0.410 e. The SMILES string of the molecule is CN(C)C(=O)COC1(C)CCN(C(=O)OC(C)(C)C)CC1. The molecule has 0 saturated carbocycles. The van der Waals surface area contributed by atoms with Gasteiger partial charge in [0.2, 0.25) is 5.91 Å². The van der Waals surface area contributed by atoms with Crippen molar-refractivity contribution in [2.24, 2.45) is 0 Å². The molecule has 2 amide bonds. The summed E-state index contributed by atoms with van der Waals surface area (Å²) < 4.78 is 11.1. The van der Waals surface area contributed by atoms with Crippen molar-refractivity contribution < 1.29 is 19.1 Å². The molecule has 122 valence electrons. The molecule has 1 fully saturated rings. The van der Waals surface area contributed by atoms with Crippen molar-refractivity contribution in [1.82, 2.24) is 9.80 Å². The van der Waals surface area contributed by atoms with Gasteiger partial charge in [0, 0.05) is 27.2 Å². The molecular weight excluding hydrogens is 272 g/mol. The third kappa shape index (κ3) is 5.91. The van der Waals surface area contributed by atoms with Crippen LogP contribution in [0.5, 0.6) is 0 Å². The first-order valence-corrected chi connectivity index (χ1v) is 7.34. The monoisotopic (exact) mass is 300 g/mol. The summed E-state index contributed by atoms with van der Waals surface area (Å²) in [6.07, 6.45) is 1.12. The van der Waals surface area contributed by atoms with Crippen LogP contribution < -0.4 is 0 Å². The lowest BCUT2D eigenvalue weighted by Gasteiger charge is -2.39. The van der Waals surface area contributed by atoms with Crippen LogP contribution in [0.15, 0.2) is 0 Å². The van der Waals surface area contributed by atoms with Gasteiger partial charge >= 0.3 is 6.09 Å². The molecule has 6 nitrogen and oxygen atoms in total. The molecule has 0 aromatic rings. The lowest BCUT2D eigenvalue weighted by molar-refractivity contribution is -0.143. The fraction of sp³-hybridized carbons (Fsp3) is 0.867. The quantitative estimate of drug-likeness (QED) is 0.798. The van der Waals surface area contributed by atoms with Gasteiger partial charge in [-0.1, -0.05) is 0 Å². The standard InChI is InChI=1S/C15H28N2O4/c1-14(2,3)21-13(19)17-9-7-15(4,8-10-17)20-11-12(18)16(5)6/h7-11H2,1-6H3. The van der Waals surface area contributed by atoms with Gasteiger partial charge in [-0.2, -0.15) is 0 Å². The maximum absolute atomic E-state index is 12.0. The highest BCUT2D eigenvalue weighted by atomic mass is 16.6. The first-order valence-electron chi connectivity index (χ1n) is 7.34. The Bertz CT molecular complexity index is 380. The molecular formula is C15H28N2O4. The Hall–Kier alpha value is -1.30. The molecule has 0 atom stereocenters. The van der Waals surface area contributed by atoms with E-state index in [1.165, 1.54) is 4.90 Å². The van der Waals surface area contributed by atoms with Crippen molar-refractivity contribution in [1.29, 1.82) is 0 Å². The van der Waals surface area contributed by atoms with E-state index >= 15 is 0 Å². The van der Waals surface area contributed by atoms with Gasteiger partial charge in [-0.15, -0.1) is 0 Å². The molecule has 0 radical (unpaired) electrons. The van der Waals surface area contributed by atoms with Gasteiger partial charge in [-0.3, -0.25) is 4.79 Å². The second kappa shape index (κ2) is 6.64. The van der Waals surface area contributed by atoms with Crippen molar-refractivity contribution in [3.05, 3.63) is 0 Å². The number of ether oxygens (including phenoxy) is 2. The minimum atomic E-state index is -0.480. The van der Waals surface area contributed by atoms with Crippen LogP contribution >= 0.6 is 0 Å². The third-order valence-electron chi connectivity index (χ3n) is 3.52. The van der Waals surface area contributed by atoms with Gasteiger partial charge in [0.15, 0.2) is 0 Å². The first kappa shape index (κ1) is 17.8. The molecule has 0 N–H and O–H groups in total. The number of likely N-dealkylation sites (tertiary alicyclic amines) is 1. The lowest BCUT2D eigenvalue weighted by Crippen LogP contribution is -2.48. The summed E-state index contributed by atoms with van der Waals surface area (Å²) in [5, 5.41) is 0. The van der Waals surface area contributed by atoms with Crippen molar-refractivity contribution >= 4 is 12.0 Å². The van der Waals surface area contributed by atoms with Crippen LogP contribution in [0.4, 0.5) is 4.79 Å². The van der Waals surface area contributed by atoms with Crippen molar-refractivity contribution in [2.45, 2.75) is 51.7 Å². The third-order valence-corrected chi connectivity index (χ3v) is 3.52. The lowest BCUT2D eigenvalue weighted by atomic mass is 9.93. The maximum atomic E-state index is 12.0. The van der Waals surface area contributed by atoms with Crippen molar-refractivity contribution in [3.8, 4) is 0 Å². The summed E-state index contributed by atoms with van der Waals surface area (Å²) in [5.74, 6) is -0.0502. The number of carbonyl (C=O) groups is 2. The molecule has 1 heterocycles. The Morgan fingerprint density at radius 1 is 1.19 bits per heavy atom. The van der Waals surface area contributed by atoms with Crippen molar-refractivity contribution in [3.63, 3.8) is 0 Å². The van der Waals surface area contributed by atoms with E-state index in [-0.39, 0.29) is 24.2 Å². The number of carbonyl (C=O) groups excluding carboxylic acids is 2. The number of hydrogen-bond donors (Lipinski definition) is 0. The summed E-state index contributed by atoms with van der Waals surface area (Å²) in [6, 6.07) is 0. The second-order valence-electron chi connectivity index (χ2n) is 6.99. The topological polar surface area (TPSA) is 59.1 Å². The average Bonchev–Trinajstić information content (AvgIpc) is 2.34. The molecule has 6 heteroatoms. The average molecular weight is 300 g/mol. The van der Waals surface area contributed by atoms with Crippen LogP contribution in [0.1, 0.15) is 40.5 Å². The highest BCUT2D eigenvalue weighted by Gasteiger charge is 2.34. The van der Waals surface area contributed by atoms with E-state index in [1.54, 1.807) is 19.0 Å². The van der Waals surface area contributed by atoms with Crippen LogP contribution in [-0.2, 0) is 14.3 Å². The highest BCUT2D eigenvalue weighted by molar-refractivity contribution is 5.76. The van der Waals surface area contributed by atoms with E-state index < -0.39 is 5.60 Å². The number of amides is 2. The zero-order valence-corrected chi connectivity index (χ0v) is 14.1. The van der Waals surface area contributed by atoms with Crippen molar-refractivity contribution in [2.75, 3.05) is 33.8 Å². The fourth-order valence-electron chi connectivity index (χ4n) is 2.00. The number of likely N-dealkylation sites (N-methyl/N-ethyl adjacent to an activating group) is 1. The first-order chi connectivity index (χ1) is 9.52. The van der Waals surface area contributed by atoms with Crippen LogP contribution in [0.25, 0.3) is 0 Å². The van der Waals surface area contributed by atoms with Crippen LogP contribution in [-0.4, -0.2) is 66.8 Å². The number of hydrogen-bond acceptors (Lipinski definition) is 4. The minimum Gasteiger partial charge on any atom is -0.444 e. The van der Waals surface area contributed by atoms with Gasteiger partial charge < -0.3 is 19.3 Å². The molecule has 21 heavy (non-hydrogen) atoms. The van der Waals surface area contributed by atoms with E-state index in [2.05, 4.69) is 0 Å². The van der Waals surface area contributed by atoms with Crippen LogP contribution in [0.3, 0.4) is 0 Å². The molecule has 0 bridgehead atoms. The van der Waals surface area contributed by atoms with Gasteiger partial charge in [-0.05, 0) is 40.5 Å². The molecule has 1 aliphatic rings. The van der Waals surface area contributed by atoms with E-state index in [1.807, 2.05) is 27.7 Å². The Labute approximate surface area is 127 Å². The Kier molecular flexibility index (Phi) is 5.61. The summed E-state index contributed by atoms with van der Waals surface area (Å²) >= 11 is 0. The second-order valence-corrected chi connectivity index (χ2v) is 6.99. The molecule has 0 aliphatic carbocycles. The Balaban J connectivity index is 2.43. The number of nitrogens with zero attached hydrogens (tertiary/aromatic N) is 2. The van der Waals surface area contributed by atoms with Crippen LogP contribution in [0.2, 0.25) is 0 Å². The van der Waals surface area contributed by atoms with E-state index in [0.29, 0.717) is 25.9 Å². The number of piperidine rings is 1. The largest absolute Gasteiger partial charge is 0.444 e. The Morgan fingerprint density at radius 2 is 1.71 bits per heavy atom. The van der Waals surface area contributed by atoms with Gasteiger partial charge in [0.1, 0.15) is 12.2 Å². The van der Waals surface area contributed by atoms with E-state index in [9.17, 15) is 9.59 Å². The minimum absolute atomic E-state index is 0.0502. The highest BCUT2D eigenvalue weighted by Crippen LogP contribution is 2.26. The Morgan fingerprint density at radius 3 is 2.14 bits per heavy atom. The van der Waals surface area contributed by atoms with Gasteiger partial charge in [-0.25, -0.2) is 4.79 Å². The normalized spacial score (nSPS) is 18.3. The summed E-state index contributed by atoms with van der Waals surface area (Å²) in [6.45, 7) is 8.81. The van der Waals surface area contributed by atoms with E-state index in [4.69, 9.17) is 9.47 Å². The zero-order chi connectivity index (χ0) is 16.3. The molecule has 0 aromatic heterocycles. The maximum Gasteiger partial charge on any atom is 0.410 e. The molecule has 0 unspecified atom stereocenters. The molecule has 1 rings (SSSR count). The molecule has 0 aromatic carbocycles. The summed E-state index contributed by atoms with van der Waals surface area (Å²) in [5.41, 5.74) is -0.837. The fourth-order valence-corrected chi connectivity index (χ4v) is 2.00.